The van der Waals surface area contributed by atoms with Gasteiger partial charge in [0.1, 0.15) is 0 Å². The Labute approximate surface area is 160 Å². The van der Waals surface area contributed by atoms with Crippen LogP contribution in [-0.4, -0.2) is 23.8 Å². The second kappa shape index (κ2) is 8.21. The highest BCUT2D eigenvalue weighted by Crippen LogP contribution is 2.28. The van der Waals surface area contributed by atoms with Gasteiger partial charge >= 0.3 is 5.97 Å². The van der Waals surface area contributed by atoms with E-state index >= 15 is 0 Å². The molecular formula is C18H16Cl2N2O4. The number of ether oxygens (including phenoxy) is 1. The van der Waals surface area contributed by atoms with E-state index in [9.17, 15) is 14.4 Å². The Morgan fingerprint density at radius 2 is 1.85 bits per heavy atom. The maximum Gasteiger partial charge on any atom is 0.341 e. The molecule has 26 heavy (non-hydrogen) atoms. The van der Waals surface area contributed by atoms with Crippen molar-refractivity contribution in [3.05, 3.63) is 57.6 Å². The second-order valence-electron chi connectivity index (χ2n) is 5.52. The Morgan fingerprint density at radius 3 is 2.50 bits per heavy atom. The predicted molar refractivity (Wildman–Crippen MR) is 101 cm³/mol. The van der Waals surface area contributed by atoms with Gasteiger partial charge in [0, 0.05) is 16.3 Å². The Hall–Kier alpha value is -2.57. The maximum absolute atomic E-state index is 12.2. The molecule has 2 rings (SSSR count). The Kier molecular flexibility index (Phi) is 6.23. The lowest BCUT2D eigenvalue weighted by atomic mass is 10.1. The first-order valence-electron chi connectivity index (χ1n) is 7.56. The van der Waals surface area contributed by atoms with Gasteiger partial charge in [0.15, 0.2) is 11.9 Å². The molecule has 0 aliphatic rings. The summed E-state index contributed by atoms with van der Waals surface area (Å²) in [5.74, 6) is -1.52. The molecule has 0 heterocycles. The highest BCUT2D eigenvalue weighted by molar-refractivity contribution is 6.37. The number of ketones is 1. The minimum Gasteiger partial charge on any atom is -0.449 e. The molecule has 0 fully saturated rings. The summed E-state index contributed by atoms with van der Waals surface area (Å²) in [7, 11) is 0. The van der Waals surface area contributed by atoms with Crippen LogP contribution in [0.2, 0.25) is 10.0 Å². The number of esters is 1. The SMILES string of the molecule is CC(=O)c1cccc(NC(=O)[C@@H](C)OC(=O)c2cc(Cl)cc(Cl)c2N)c1. The number of nitrogens with two attached hydrogens (primary N) is 1. The molecule has 8 heteroatoms. The fourth-order valence-corrected chi connectivity index (χ4v) is 2.58. The zero-order chi connectivity index (χ0) is 19.4. The lowest BCUT2D eigenvalue weighted by Gasteiger charge is -2.15. The first-order chi connectivity index (χ1) is 12.2. The topological polar surface area (TPSA) is 98.5 Å². The zero-order valence-electron chi connectivity index (χ0n) is 14.0. The number of amides is 1. The highest BCUT2D eigenvalue weighted by atomic mass is 35.5. The van der Waals surface area contributed by atoms with Gasteiger partial charge in [-0.1, -0.05) is 35.3 Å². The van der Waals surface area contributed by atoms with Crippen molar-refractivity contribution in [2.75, 3.05) is 11.1 Å². The van der Waals surface area contributed by atoms with Crippen LogP contribution in [0.1, 0.15) is 34.6 Å². The van der Waals surface area contributed by atoms with Crippen LogP contribution in [0.3, 0.4) is 0 Å². The van der Waals surface area contributed by atoms with Gasteiger partial charge in [-0.25, -0.2) is 4.79 Å². The van der Waals surface area contributed by atoms with Crippen molar-refractivity contribution >= 4 is 52.2 Å². The first kappa shape index (κ1) is 19.8. The average Bonchev–Trinajstić information content (AvgIpc) is 2.58. The van der Waals surface area contributed by atoms with E-state index in [4.69, 9.17) is 33.7 Å². The van der Waals surface area contributed by atoms with Gasteiger partial charge in [-0.3, -0.25) is 9.59 Å². The van der Waals surface area contributed by atoms with Crippen LogP contribution in [0.4, 0.5) is 11.4 Å². The number of nitrogen functional groups attached to an aromatic ring is 1. The van der Waals surface area contributed by atoms with Gasteiger partial charge in [-0.2, -0.15) is 0 Å². The smallest absolute Gasteiger partial charge is 0.341 e. The number of benzene rings is 2. The summed E-state index contributed by atoms with van der Waals surface area (Å²) in [5, 5.41) is 2.91. The van der Waals surface area contributed by atoms with E-state index in [-0.39, 0.29) is 27.1 Å². The van der Waals surface area contributed by atoms with E-state index < -0.39 is 18.0 Å². The van der Waals surface area contributed by atoms with E-state index in [1.165, 1.54) is 32.0 Å². The van der Waals surface area contributed by atoms with Crippen molar-refractivity contribution in [3.8, 4) is 0 Å². The van der Waals surface area contributed by atoms with Crippen LogP contribution < -0.4 is 11.1 Å². The minimum absolute atomic E-state index is 0.0165. The van der Waals surface area contributed by atoms with Gasteiger partial charge in [0.2, 0.25) is 0 Å². The summed E-state index contributed by atoms with van der Waals surface area (Å²) < 4.78 is 5.12. The zero-order valence-corrected chi connectivity index (χ0v) is 15.5. The molecule has 2 aromatic rings. The van der Waals surface area contributed by atoms with Crippen LogP contribution in [0.25, 0.3) is 0 Å². The predicted octanol–water partition coefficient (Wildman–Crippen LogP) is 3.96. The molecule has 6 nitrogen and oxygen atoms in total. The number of anilines is 2. The molecule has 0 aliphatic heterocycles. The average molecular weight is 395 g/mol. The summed E-state index contributed by atoms with van der Waals surface area (Å²) in [6.45, 7) is 2.83. The molecule has 0 aliphatic carbocycles. The number of hydrogen-bond acceptors (Lipinski definition) is 5. The van der Waals surface area contributed by atoms with E-state index in [1.54, 1.807) is 18.2 Å². The van der Waals surface area contributed by atoms with Gasteiger partial charge in [0.05, 0.1) is 16.3 Å². The number of carbonyl (C=O) groups excluding carboxylic acids is 3. The van der Waals surface area contributed by atoms with Crippen LogP contribution >= 0.6 is 23.2 Å². The lowest BCUT2D eigenvalue weighted by molar-refractivity contribution is -0.123. The molecule has 1 amide bonds. The molecule has 0 saturated carbocycles. The standard InChI is InChI=1S/C18H16Cl2N2O4/c1-9(23)11-4-3-5-13(6-11)22-17(24)10(2)26-18(25)14-7-12(19)8-15(20)16(14)21/h3-8,10H,21H2,1-2H3,(H,22,24)/t10-/m1/s1. The number of hydrogen-bond donors (Lipinski definition) is 2. The molecular weight excluding hydrogens is 379 g/mol. The van der Waals surface area contributed by atoms with E-state index in [0.29, 0.717) is 11.3 Å². The number of Topliss-reactive ketones (excluding diaryl/α,β-unsaturated/α-hetero) is 1. The molecule has 136 valence electrons. The quantitative estimate of drug-likeness (QED) is 0.454. The van der Waals surface area contributed by atoms with Crippen LogP contribution in [0.15, 0.2) is 36.4 Å². The molecule has 0 aromatic heterocycles. The van der Waals surface area contributed by atoms with Crippen molar-refractivity contribution in [1.82, 2.24) is 0 Å². The van der Waals surface area contributed by atoms with Crippen molar-refractivity contribution in [3.63, 3.8) is 0 Å². The van der Waals surface area contributed by atoms with Crippen molar-refractivity contribution in [2.45, 2.75) is 20.0 Å². The normalized spacial score (nSPS) is 11.5. The third kappa shape index (κ3) is 4.74. The van der Waals surface area contributed by atoms with Crippen molar-refractivity contribution in [1.29, 1.82) is 0 Å². The molecule has 3 N–H and O–H groups in total. The molecule has 0 unspecified atom stereocenters. The molecule has 0 spiro atoms. The fraction of sp³-hybridized carbons (Fsp3) is 0.167. The Bertz CT molecular complexity index is 883. The summed E-state index contributed by atoms with van der Waals surface area (Å²) in [5.41, 5.74) is 6.60. The van der Waals surface area contributed by atoms with Crippen molar-refractivity contribution < 1.29 is 19.1 Å². The third-order valence-corrected chi connectivity index (χ3v) is 4.03. The summed E-state index contributed by atoms with van der Waals surface area (Å²) in [4.78, 5) is 35.9. The first-order valence-corrected chi connectivity index (χ1v) is 8.32. The molecule has 1 atom stereocenters. The fourth-order valence-electron chi connectivity index (χ4n) is 2.09. The Balaban J connectivity index is 2.08. The second-order valence-corrected chi connectivity index (χ2v) is 6.37. The van der Waals surface area contributed by atoms with Crippen LogP contribution in [0.5, 0.6) is 0 Å². The van der Waals surface area contributed by atoms with Crippen molar-refractivity contribution in [2.24, 2.45) is 0 Å². The van der Waals surface area contributed by atoms with Gasteiger partial charge in [0.25, 0.3) is 5.91 Å². The van der Waals surface area contributed by atoms with E-state index in [2.05, 4.69) is 5.32 Å². The van der Waals surface area contributed by atoms with E-state index in [0.717, 1.165) is 0 Å². The van der Waals surface area contributed by atoms with Crippen LogP contribution in [0, 0.1) is 0 Å². The number of halogens is 2. The number of nitrogens with one attached hydrogen (secondary N) is 1. The number of rotatable bonds is 5. The largest absolute Gasteiger partial charge is 0.449 e. The molecule has 0 radical (unpaired) electrons. The maximum atomic E-state index is 12.2. The highest BCUT2D eigenvalue weighted by Gasteiger charge is 2.22. The number of carbonyl (C=O) groups is 3. The third-order valence-electron chi connectivity index (χ3n) is 3.50. The summed E-state index contributed by atoms with van der Waals surface area (Å²) in [6.07, 6.45) is -1.11. The van der Waals surface area contributed by atoms with Gasteiger partial charge in [-0.05, 0) is 38.1 Å². The van der Waals surface area contributed by atoms with Gasteiger partial charge < -0.3 is 15.8 Å². The van der Waals surface area contributed by atoms with Gasteiger partial charge in [-0.15, -0.1) is 0 Å². The molecule has 0 bridgehead atoms. The summed E-state index contributed by atoms with van der Waals surface area (Å²) >= 11 is 11.7. The molecule has 2 aromatic carbocycles. The Morgan fingerprint density at radius 1 is 1.15 bits per heavy atom. The lowest BCUT2D eigenvalue weighted by Crippen LogP contribution is -2.30. The van der Waals surface area contributed by atoms with E-state index in [1.807, 2.05) is 0 Å². The monoisotopic (exact) mass is 394 g/mol. The summed E-state index contributed by atoms with van der Waals surface area (Å²) in [6, 6.07) is 9.13. The van der Waals surface area contributed by atoms with Crippen LogP contribution in [-0.2, 0) is 9.53 Å². The molecule has 0 saturated heterocycles. The minimum atomic E-state index is -1.11.